The molecule has 9 nitrogen and oxygen atoms in total. The third kappa shape index (κ3) is 4.78. The molecule has 0 aliphatic carbocycles. The summed E-state index contributed by atoms with van der Waals surface area (Å²) >= 11 is 0. The van der Waals surface area contributed by atoms with E-state index in [2.05, 4.69) is 0 Å². The van der Waals surface area contributed by atoms with Crippen molar-refractivity contribution in [3.63, 3.8) is 0 Å². The summed E-state index contributed by atoms with van der Waals surface area (Å²) in [5.74, 6) is -0.499. The van der Waals surface area contributed by atoms with Gasteiger partial charge in [-0.15, -0.1) is 0 Å². The summed E-state index contributed by atoms with van der Waals surface area (Å²) in [5, 5.41) is 22.0. The van der Waals surface area contributed by atoms with Crippen molar-refractivity contribution < 1.29 is 14.6 Å². The molecule has 0 heterocycles. The first-order valence-corrected chi connectivity index (χ1v) is 8.22. The Kier molecular flexibility index (Phi) is 6.07. The minimum absolute atomic E-state index is 0.0809. The average Bonchev–Trinajstić information content (AvgIpc) is 2.65. The molecule has 0 aliphatic heterocycles. The molecule has 0 unspecified atom stereocenters. The number of nitro benzene ring substituents is 2. The molecule has 0 saturated heterocycles. The highest BCUT2D eigenvalue weighted by atomic mass is 16.6. The molecule has 9 heteroatoms. The largest absolute Gasteiger partial charge is 0.378 e. The number of nitro groups is 2. The maximum absolute atomic E-state index is 12.8. The van der Waals surface area contributed by atoms with Crippen molar-refractivity contribution in [3.8, 4) is 0 Å². The van der Waals surface area contributed by atoms with Crippen LogP contribution >= 0.6 is 0 Å². The summed E-state index contributed by atoms with van der Waals surface area (Å²) in [6.45, 7) is 2.42. The molecular formula is C18H20N4O5. The molecule has 0 atom stereocenters. The summed E-state index contributed by atoms with van der Waals surface area (Å²) in [6, 6.07) is 10.6. The van der Waals surface area contributed by atoms with E-state index < -0.39 is 27.1 Å². The fraction of sp³-hybridized carbons (Fsp3) is 0.278. The first-order valence-electron chi connectivity index (χ1n) is 8.22. The van der Waals surface area contributed by atoms with Crippen LogP contribution in [0.1, 0.15) is 22.8 Å². The summed E-state index contributed by atoms with van der Waals surface area (Å²) < 4.78 is 0. The zero-order chi connectivity index (χ0) is 20.1. The minimum atomic E-state index is -0.750. The second-order valence-electron chi connectivity index (χ2n) is 6.13. The Balaban J connectivity index is 2.30. The molecule has 0 N–H and O–H groups in total. The highest BCUT2D eigenvalue weighted by Crippen LogP contribution is 2.24. The molecule has 0 aromatic heterocycles. The summed E-state index contributed by atoms with van der Waals surface area (Å²) in [7, 11) is 3.85. The van der Waals surface area contributed by atoms with Crippen LogP contribution in [0, 0.1) is 20.2 Å². The van der Waals surface area contributed by atoms with Crippen LogP contribution in [0.25, 0.3) is 0 Å². The van der Waals surface area contributed by atoms with Crippen LogP contribution in [0.15, 0.2) is 42.5 Å². The quantitative estimate of drug-likeness (QED) is 0.545. The molecular weight excluding hydrogens is 352 g/mol. The number of nitrogens with zero attached hydrogens (tertiary/aromatic N) is 4. The first kappa shape index (κ1) is 19.8. The molecule has 0 bridgehead atoms. The Morgan fingerprint density at radius 2 is 1.48 bits per heavy atom. The van der Waals surface area contributed by atoms with E-state index in [1.807, 2.05) is 43.3 Å². The molecule has 142 valence electrons. The number of benzene rings is 2. The Morgan fingerprint density at radius 1 is 0.963 bits per heavy atom. The second kappa shape index (κ2) is 8.26. The molecule has 0 fully saturated rings. The fourth-order valence-electron chi connectivity index (χ4n) is 2.56. The van der Waals surface area contributed by atoms with Crippen molar-refractivity contribution in [2.75, 3.05) is 25.5 Å². The van der Waals surface area contributed by atoms with Crippen LogP contribution in [-0.2, 0) is 6.54 Å². The van der Waals surface area contributed by atoms with Crippen LogP contribution in [0.4, 0.5) is 17.1 Å². The van der Waals surface area contributed by atoms with E-state index >= 15 is 0 Å². The molecule has 2 aromatic rings. The van der Waals surface area contributed by atoms with E-state index in [9.17, 15) is 25.0 Å². The lowest BCUT2D eigenvalue weighted by molar-refractivity contribution is -0.394. The topological polar surface area (TPSA) is 110 Å². The van der Waals surface area contributed by atoms with Crippen molar-refractivity contribution in [1.82, 2.24) is 4.90 Å². The third-order valence-electron chi connectivity index (χ3n) is 4.07. The van der Waals surface area contributed by atoms with Crippen LogP contribution in [-0.4, -0.2) is 41.3 Å². The van der Waals surface area contributed by atoms with Gasteiger partial charge in [-0.2, -0.15) is 0 Å². The van der Waals surface area contributed by atoms with Crippen molar-refractivity contribution >= 4 is 23.0 Å². The standard InChI is InChI=1S/C18H20N4O5/c1-4-20(12-13-5-7-15(8-6-13)19(2)3)18(23)14-9-16(21(24)25)11-17(10-14)22(26)27/h5-11H,4,12H2,1-3H3. The van der Waals surface area contributed by atoms with Crippen molar-refractivity contribution in [3.05, 3.63) is 73.8 Å². The fourth-order valence-corrected chi connectivity index (χ4v) is 2.56. The van der Waals surface area contributed by atoms with Gasteiger partial charge in [-0.25, -0.2) is 0 Å². The van der Waals surface area contributed by atoms with Crippen molar-refractivity contribution in [2.24, 2.45) is 0 Å². The number of non-ortho nitro benzene ring substituents is 2. The van der Waals surface area contributed by atoms with Crippen LogP contribution in [0.5, 0.6) is 0 Å². The monoisotopic (exact) mass is 372 g/mol. The van der Waals surface area contributed by atoms with Crippen molar-refractivity contribution in [2.45, 2.75) is 13.5 Å². The number of carbonyl (C=O) groups excluding carboxylic acids is 1. The minimum Gasteiger partial charge on any atom is -0.378 e. The van der Waals surface area contributed by atoms with Gasteiger partial charge in [0.15, 0.2) is 0 Å². The molecule has 0 radical (unpaired) electrons. The van der Waals surface area contributed by atoms with E-state index in [4.69, 9.17) is 0 Å². The van der Waals surface area contributed by atoms with Gasteiger partial charge in [-0.3, -0.25) is 25.0 Å². The van der Waals surface area contributed by atoms with Gasteiger partial charge >= 0.3 is 0 Å². The van der Waals surface area contributed by atoms with Gasteiger partial charge in [0.2, 0.25) is 0 Å². The average molecular weight is 372 g/mol. The van der Waals surface area contributed by atoms with Gasteiger partial charge < -0.3 is 9.80 Å². The molecule has 0 aliphatic rings. The lowest BCUT2D eigenvalue weighted by Gasteiger charge is -2.21. The zero-order valence-electron chi connectivity index (χ0n) is 15.3. The number of amides is 1. The highest BCUT2D eigenvalue weighted by molar-refractivity contribution is 5.95. The van der Waals surface area contributed by atoms with Crippen LogP contribution in [0.3, 0.4) is 0 Å². The molecule has 0 spiro atoms. The SMILES string of the molecule is CCN(Cc1ccc(N(C)C)cc1)C(=O)c1cc([N+](=O)[O-])cc([N+](=O)[O-])c1. The third-order valence-corrected chi connectivity index (χ3v) is 4.07. The van der Waals surface area contributed by atoms with E-state index in [-0.39, 0.29) is 5.56 Å². The van der Waals surface area contributed by atoms with Gasteiger partial charge in [-0.1, -0.05) is 12.1 Å². The van der Waals surface area contributed by atoms with E-state index in [0.29, 0.717) is 13.1 Å². The predicted molar refractivity (Wildman–Crippen MR) is 101 cm³/mol. The number of hydrogen-bond donors (Lipinski definition) is 0. The second-order valence-corrected chi connectivity index (χ2v) is 6.13. The van der Waals surface area contributed by atoms with Gasteiger partial charge in [0.1, 0.15) is 0 Å². The van der Waals surface area contributed by atoms with Gasteiger partial charge in [0, 0.05) is 45.0 Å². The smallest absolute Gasteiger partial charge is 0.277 e. The number of rotatable bonds is 7. The summed E-state index contributed by atoms with van der Waals surface area (Å²) in [4.78, 5) is 36.8. The Morgan fingerprint density at radius 3 is 1.89 bits per heavy atom. The van der Waals surface area contributed by atoms with Gasteiger partial charge in [0.05, 0.1) is 21.5 Å². The Bertz CT molecular complexity index is 832. The lowest BCUT2D eigenvalue weighted by Crippen LogP contribution is -2.30. The molecule has 0 saturated carbocycles. The maximum Gasteiger partial charge on any atom is 0.277 e. The van der Waals surface area contributed by atoms with Crippen LogP contribution in [0.2, 0.25) is 0 Å². The number of carbonyl (C=O) groups is 1. The number of anilines is 1. The first-order chi connectivity index (χ1) is 12.7. The Hall–Kier alpha value is -3.49. The highest BCUT2D eigenvalue weighted by Gasteiger charge is 2.22. The molecule has 27 heavy (non-hydrogen) atoms. The normalized spacial score (nSPS) is 10.3. The molecule has 2 aromatic carbocycles. The van der Waals surface area contributed by atoms with E-state index in [0.717, 1.165) is 29.4 Å². The zero-order valence-corrected chi connectivity index (χ0v) is 15.3. The Labute approximate surface area is 156 Å². The van der Waals surface area contributed by atoms with Gasteiger partial charge in [-0.05, 0) is 24.6 Å². The van der Waals surface area contributed by atoms with Crippen molar-refractivity contribution in [1.29, 1.82) is 0 Å². The van der Waals surface area contributed by atoms with E-state index in [1.165, 1.54) is 4.90 Å². The maximum atomic E-state index is 12.8. The van der Waals surface area contributed by atoms with E-state index in [1.54, 1.807) is 6.92 Å². The lowest BCUT2D eigenvalue weighted by atomic mass is 10.1. The summed E-state index contributed by atoms with van der Waals surface area (Å²) in [6.07, 6.45) is 0. The number of hydrogen-bond acceptors (Lipinski definition) is 6. The summed E-state index contributed by atoms with van der Waals surface area (Å²) in [5.41, 5.74) is 0.846. The molecule has 1 amide bonds. The van der Waals surface area contributed by atoms with Gasteiger partial charge in [0.25, 0.3) is 17.3 Å². The predicted octanol–water partition coefficient (Wildman–Crippen LogP) is 3.23. The molecule has 2 rings (SSSR count). The van der Waals surface area contributed by atoms with Crippen LogP contribution < -0.4 is 4.90 Å².